The summed E-state index contributed by atoms with van der Waals surface area (Å²) in [5.41, 5.74) is 2.13. The molecule has 0 unspecified atom stereocenters. The number of para-hydroxylation sites is 1. The van der Waals surface area contributed by atoms with Crippen molar-refractivity contribution in [3.8, 4) is 5.75 Å². The van der Waals surface area contributed by atoms with E-state index in [2.05, 4.69) is 27.6 Å². The predicted octanol–water partition coefficient (Wildman–Crippen LogP) is 3.58. The van der Waals surface area contributed by atoms with Gasteiger partial charge in [-0.3, -0.25) is 0 Å². The van der Waals surface area contributed by atoms with Crippen molar-refractivity contribution in [1.82, 2.24) is 14.5 Å². The maximum Gasteiger partial charge on any atom is 0.178 e. The summed E-state index contributed by atoms with van der Waals surface area (Å²) >= 11 is 5.49. The molecule has 1 aromatic carbocycles. The Morgan fingerprint density at radius 1 is 1.43 bits per heavy atom. The number of hydrogen-bond acceptors (Lipinski definition) is 3. The summed E-state index contributed by atoms with van der Waals surface area (Å²) in [6, 6.07) is 6.91. The molecule has 5 heteroatoms. The lowest BCUT2D eigenvalue weighted by atomic mass is 10.3. The van der Waals surface area contributed by atoms with Gasteiger partial charge in [0.25, 0.3) is 0 Å². The molecule has 1 fully saturated rings. The fraction of sp³-hybridized carbons (Fsp3) is 0.562. The number of likely N-dealkylation sites (N-methyl/N-ethyl adjacent to an activating group) is 1. The number of nitrogens with one attached hydrogen (secondary N) is 1. The second-order valence-corrected chi connectivity index (χ2v) is 6.50. The molecule has 1 aliphatic carbocycles. The van der Waals surface area contributed by atoms with Gasteiger partial charge in [-0.15, -0.1) is 0 Å². The molecule has 1 saturated carbocycles. The van der Waals surface area contributed by atoms with E-state index in [1.54, 1.807) is 0 Å². The van der Waals surface area contributed by atoms with Crippen LogP contribution in [0, 0.1) is 4.77 Å². The van der Waals surface area contributed by atoms with Gasteiger partial charge >= 0.3 is 0 Å². The van der Waals surface area contributed by atoms with E-state index in [-0.39, 0.29) is 6.10 Å². The normalized spacial score (nSPS) is 15.3. The first-order valence-electron chi connectivity index (χ1n) is 7.64. The van der Waals surface area contributed by atoms with Crippen LogP contribution in [0.4, 0.5) is 0 Å². The molecular formula is C16H23N3OS. The number of aromatic amines is 1. The lowest BCUT2D eigenvalue weighted by Gasteiger charge is -2.16. The number of aromatic nitrogens is 2. The summed E-state index contributed by atoms with van der Waals surface area (Å²) in [4.78, 5) is 5.73. The van der Waals surface area contributed by atoms with Crippen molar-refractivity contribution in [2.24, 2.45) is 0 Å². The Morgan fingerprint density at radius 2 is 2.19 bits per heavy atom. The van der Waals surface area contributed by atoms with Crippen LogP contribution in [0.1, 0.15) is 26.7 Å². The molecule has 21 heavy (non-hydrogen) atoms. The van der Waals surface area contributed by atoms with Crippen LogP contribution in [0.25, 0.3) is 11.0 Å². The predicted molar refractivity (Wildman–Crippen MR) is 88.5 cm³/mol. The van der Waals surface area contributed by atoms with E-state index in [0.29, 0.717) is 0 Å². The van der Waals surface area contributed by atoms with Gasteiger partial charge in [0.15, 0.2) is 4.77 Å². The molecule has 0 amide bonds. The molecule has 1 heterocycles. The number of H-pyrrole nitrogens is 1. The second kappa shape index (κ2) is 5.81. The van der Waals surface area contributed by atoms with Gasteiger partial charge in [-0.25, -0.2) is 0 Å². The minimum atomic E-state index is 0.155. The molecule has 0 radical (unpaired) electrons. The Hall–Kier alpha value is -1.33. The van der Waals surface area contributed by atoms with Crippen LogP contribution < -0.4 is 4.74 Å². The number of nitrogens with zero attached hydrogens (tertiary/aromatic N) is 2. The van der Waals surface area contributed by atoms with Crippen molar-refractivity contribution >= 4 is 23.3 Å². The molecule has 3 rings (SSSR count). The minimum Gasteiger partial charge on any atom is -0.489 e. The molecule has 0 atom stereocenters. The van der Waals surface area contributed by atoms with Crippen molar-refractivity contribution in [1.29, 1.82) is 0 Å². The second-order valence-electron chi connectivity index (χ2n) is 6.11. The maximum atomic E-state index is 5.87. The molecule has 1 N–H and O–H groups in total. The number of fused-ring (bicyclic) bond motifs is 1. The van der Waals surface area contributed by atoms with Crippen LogP contribution in [0.5, 0.6) is 5.75 Å². The van der Waals surface area contributed by atoms with Crippen molar-refractivity contribution in [2.45, 2.75) is 45.4 Å². The van der Waals surface area contributed by atoms with Crippen LogP contribution in [-0.2, 0) is 6.54 Å². The number of rotatable bonds is 6. The summed E-state index contributed by atoms with van der Waals surface area (Å²) in [5.74, 6) is 0.878. The Kier molecular flexibility index (Phi) is 4.04. The van der Waals surface area contributed by atoms with Gasteiger partial charge in [-0.1, -0.05) is 6.07 Å². The third kappa shape index (κ3) is 3.14. The first kappa shape index (κ1) is 14.6. The standard InChI is InChI=1S/C16H23N3OS/c1-11(2)20-14-6-4-5-13-15(14)17-16(21)19(13)10-9-18(3)12-7-8-12/h4-6,11-12H,7-10H2,1-3H3,(H,17,21). The van der Waals surface area contributed by atoms with Crippen molar-refractivity contribution in [3.05, 3.63) is 23.0 Å². The van der Waals surface area contributed by atoms with Crippen LogP contribution in [0.3, 0.4) is 0 Å². The largest absolute Gasteiger partial charge is 0.489 e. The van der Waals surface area contributed by atoms with Crippen molar-refractivity contribution < 1.29 is 4.74 Å². The van der Waals surface area contributed by atoms with Gasteiger partial charge in [-0.2, -0.15) is 0 Å². The zero-order valence-corrected chi connectivity index (χ0v) is 13.7. The van der Waals surface area contributed by atoms with Gasteiger partial charge < -0.3 is 19.2 Å². The highest BCUT2D eigenvalue weighted by Crippen LogP contribution is 2.27. The monoisotopic (exact) mass is 305 g/mol. The SMILES string of the molecule is CC(C)Oc1cccc2c1[nH]c(=S)n2CCN(C)C1CC1. The first-order valence-corrected chi connectivity index (χ1v) is 8.05. The summed E-state index contributed by atoms with van der Waals surface area (Å²) in [5, 5.41) is 0. The first-order chi connectivity index (χ1) is 10.1. The van der Waals surface area contributed by atoms with E-state index in [1.165, 1.54) is 12.8 Å². The Bertz CT molecular complexity index is 684. The lowest BCUT2D eigenvalue weighted by Crippen LogP contribution is -2.25. The highest BCUT2D eigenvalue weighted by atomic mass is 32.1. The fourth-order valence-corrected chi connectivity index (χ4v) is 2.98. The van der Waals surface area contributed by atoms with Crippen LogP contribution in [0.15, 0.2) is 18.2 Å². The number of benzene rings is 1. The lowest BCUT2D eigenvalue weighted by molar-refractivity contribution is 0.245. The van der Waals surface area contributed by atoms with Crippen LogP contribution in [0.2, 0.25) is 0 Å². The summed E-state index contributed by atoms with van der Waals surface area (Å²) < 4.78 is 8.82. The maximum absolute atomic E-state index is 5.87. The van der Waals surface area contributed by atoms with Gasteiger partial charge in [0.1, 0.15) is 11.3 Å². The molecule has 1 aliphatic rings. The van der Waals surface area contributed by atoms with Crippen molar-refractivity contribution in [2.75, 3.05) is 13.6 Å². The van der Waals surface area contributed by atoms with Gasteiger partial charge in [-0.05, 0) is 58.1 Å². The molecule has 114 valence electrons. The Labute approximate surface area is 130 Å². The smallest absolute Gasteiger partial charge is 0.178 e. The van der Waals surface area contributed by atoms with E-state index in [0.717, 1.165) is 40.7 Å². The van der Waals surface area contributed by atoms with E-state index < -0.39 is 0 Å². The number of hydrogen-bond donors (Lipinski definition) is 1. The number of ether oxygens (including phenoxy) is 1. The molecule has 2 aromatic rings. The van der Waals surface area contributed by atoms with Gasteiger partial charge in [0.05, 0.1) is 11.6 Å². The van der Waals surface area contributed by atoms with Crippen LogP contribution >= 0.6 is 12.2 Å². The Balaban J connectivity index is 1.87. The summed E-state index contributed by atoms with van der Waals surface area (Å²) in [6.07, 6.45) is 2.83. The topological polar surface area (TPSA) is 33.2 Å². The zero-order chi connectivity index (χ0) is 15.0. The molecule has 0 aliphatic heterocycles. The summed E-state index contributed by atoms with van der Waals surface area (Å²) in [6.45, 7) is 6.02. The van der Waals surface area contributed by atoms with E-state index >= 15 is 0 Å². The quantitative estimate of drug-likeness (QED) is 0.828. The third-order valence-electron chi connectivity index (χ3n) is 3.98. The average Bonchev–Trinajstić information content (AvgIpc) is 3.21. The highest BCUT2D eigenvalue weighted by molar-refractivity contribution is 7.71. The average molecular weight is 305 g/mol. The van der Waals surface area contributed by atoms with Crippen LogP contribution in [-0.4, -0.2) is 40.2 Å². The zero-order valence-electron chi connectivity index (χ0n) is 12.9. The molecule has 0 saturated heterocycles. The third-order valence-corrected chi connectivity index (χ3v) is 4.30. The molecular weight excluding hydrogens is 282 g/mol. The Morgan fingerprint density at radius 3 is 2.86 bits per heavy atom. The van der Waals surface area contributed by atoms with Gasteiger partial charge in [0.2, 0.25) is 0 Å². The van der Waals surface area contributed by atoms with E-state index in [9.17, 15) is 0 Å². The molecule has 0 bridgehead atoms. The summed E-state index contributed by atoms with van der Waals surface area (Å²) in [7, 11) is 2.20. The molecule has 1 aromatic heterocycles. The fourth-order valence-electron chi connectivity index (χ4n) is 2.68. The van der Waals surface area contributed by atoms with Gasteiger partial charge in [0, 0.05) is 19.1 Å². The number of imidazole rings is 1. The highest BCUT2D eigenvalue weighted by Gasteiger charge is 2.25. The minimum absolute atomic E-state index is 0.155. The van der Waals surface area contributed by atoms with E-state index in [1.807, 2.05) is 26.0 Å². The molecule has 4 nitrogen and oxygen atoms in total. The van der Waals surface area contributed by atoms with Crippen molar-refractivity contribution in [3.63, 3.8) is 0 Å². The van der Waals surface area contributed by atoms with E-state index in [4.69, 9.17) is 17.0 Å². The molecule has 0 spiro atoms.